The van der Waals surface area contributed by atoms with Crippen LogP contribution in [0, 0.1) is 6.92 Å². The Morgan fingerprint density at radius 1 is 1.07 bits per heavy atom. The van der Waals surface area contributed by atoms with E-state index in [4.69, 9.17) is 18.7 Å². The van der Waals surface area contributed by atoms with Gasteiger partial charge < -0.3 is 24.1 Å². The number of carbonyl (C=O) groups excluding carboxylic acids is 3. The lowest BCUT2D eigenvalue weighted by Crippen LogP contribution is -2.37. The van der Waals surface area contributed by atoms with Gasteiger partial charge in [-0.05, 0) is 32.9 Å². The van der Waals surface area contributed by atoms with Crippen molar-refractivity contribution in [1.82, 2.24) is 10.5 Å². The summed E-state index contributed by atoms with van der Waals surface area (Å²) in [7, 11) is 0. The van der Waals surface area contributed by atoms with Crippen LogP contribution in [0.4, 0.5) is 10.5 Å². The number of carbonyl (C=O) groups is 3. The van der Waals surface area contributed by atoms with E-state index in [1.54, 1.807) is 25.1 Å². The standard InChI is InChI=1S/C18H21N3O7/c1-4-25-13-7-6-12(9-14(13)26-5-2)19-18(24)20-16(22)10-27-17(23)15-8-11(3)21-28-15/h6-9H,4-5,10H2,1-3H3,(H2,19,20,22,24). The molecule has 3 amide bonds. The summed E-state index contributed by atoms with van der Waals surface area (Å²) in [5, 5.41) is 8.07. The summed E-state index contributed by atoms with van der Waals surface area (Å²) in [5.41, 5.74) is 0.892. The molecule has 1 heterocycles. The molecule has 2 N–H and O–H groups in total. The van der Waals surface area contributed by atoms with Crippen molar-refractivity contribution >= 4 is 23.6 Å². The molecule has 0 bridgehead atoms. The molecule has 2 rings (SSSR count). The number of ether oxygens (including phenoxy) is 3. The third kappa shape index (κ3) is 6.01. The number of anilines is 1. The summed E-state index contributed by atoms with van der Waals surface area (Å²) in [4.78, 5) is 35.4. The van der Waals surface area contributed by atoms with Crippen molar-refractivity contribution in [2.75, 3.05) is 25.1 Å². The summed E-state index contributed by atoms with van der Waals surface area (Å²) in [6.07, 6.45) is 0. The number of esters is 1. The Morgan fingerprint density at radius 3 is 2.43 bits per heavy atom. The fourth-order valence-corrected chi connectivity index (χ4v) is 2.12. The third-order valence-corrected chi connectivity index (χ3v) is 3.22. The molecule has 0 atom stereocenters. The maximum absolute atomic E-state index is 11.9. The van der Waals surface area contributed by atoms with Gasteiger partial charge in [0.1, 0.15) is 0 Å². The van der Waals surface area contributed by atoms with E-state index in [1.165, 1.54) is 6.07 Å². The molecule has 1 aromatic heterocycles. The van der Waals surface area contributed by atoms with Crippen LogP contribution in [0.1, 0.15) is 30.1 Å². The molecule has 0 unspecified atom stereocenters. The predicted molar refractivity (Wildman–Crippen MR) is 97.5 cm³/mol. The van der Waals surface area contributed by atoms with Crippen LogP contribution in [-0.2, 0) is 9.53 Å². The first-order chi connectivity index (χ1) is 13.4. The van der Waals surface area contributed by atoms with Gasteiger partial charge in [0.15, 0.2) is 18.1 Å². The number of rotatable bonds is 8. The van der Waals surface area contributed by atoms with Gasteiger partial charge in [-0.2, -0.15) is 0 Å². The Labute approximate surface area is 161 Å². The highest BCUT2D eigenvalue weighted by Gasteiger charge is 2.16. The number of amides is 3. The fourth-order valence-electron chi connectivity index (χ4n) is 2.12. The summed E-state index contributed by atoms with van der Waals surface area (Å²) in [6.45, 7) is 5.53. The van der Waals surface area contributed by atoms with E-state index in [-0.39, 0.29) is 5.76 Å². The Hall–Kier alpha value is -3.56. The molecule has 0 radical (unpaired) electrons. The molecule has 0 saturated heterocycles. The predicted octanol–water partition coefficient (Wildman–Crippen LogP) is 2.29. The van der Waals surface area contributed by atoms with E-state index in [9.17, 15) is 14.4 Å². The van der Waals surface area contributed by atoms with Crippen molar-refractivity contribution in [1.29, 1.82) is 0 Å². The molecule has 1 aromatic carbocycles. The van der Waals surface area contributed by atoms with Crippen LogP contribution in [0.25, 0.3) is 0 Å². The Morgan fingerprint density at radius 2 is 1.79 bits per heavy atom. The zero-order chi connectivity index (χ0) is 20.5. The van der Waals surface area contributed by atoms with Crippen LogP contribution in [0.3, 0.4) is 0 Å². The highest BCUT2D eigenvalue weighted by molar-refractivity contribution is 6.02. The number of nitrogens with zero attached hydrogens (tertiary/aromatic N) is 1. The van der Waals surface area contributed by atoms with Crippen LogP contribution in [-0.4, -0.2) is 42.9 Å². The number of aromatic nitrogens is 1. The third-order valence-electron chi connectivity index (χ3n) is 3.22. The first-order valence-corrected chi connectivity index (χ1v) is 8.53. The minimum atomic E-state index is -0.857. The van der Waals surface area contributed by atoms with Crippen molar-refractivity contribution in [3.05, 3.63) is 35.7 Å². The first-order valence-electron chi connectivity index (χ1n) is 8.53. The van der Waals surface area contributed by atoms with Gasteiger partial charge in [-0.3, -0.25) is 10.1 Å². The van der Waals surface area contributed by atoms with E-state index in [2.05, 4.69) is 10.5 Å². The molecule has 0 aliphatic rings. The molecule has 28 heavy (non-hydrogen) atoms. The van der Waals surface area contributed by atoms with Crippen molar-refractivity contribution in [2.24, 2.45) is 0 Å². The lowest BCUT2D eigenvalue weighted by molar-refractivity contribution is -0.123. The highest BCUT2D eigenvalue weighted by atomic mass is 16.6. The number of hydrogen-bond donors (Lipinski definition) is 2. The molecule has 10 heteroatoms. The molecule has 150 valence electrons. The minimum Gasteiger partial charge on any atom is -0.490 e. The number of aryl methyl sites for hydroxylation is 1. The van der Waals surface area contributed by atoms with Gasteiger partial charge in [0.25, 0.3) is 5.91 Å². The van der Waals surface area contributed by atoms with Crippen molar-refractivity contribution in [3.63, 3.8) is 0 Å². The molecular formula is C18H21N3O7. The molecule has 0 spiro atoms. The summed E-state index contributed by atoms with van der Waals surface area (Å²) in [5.74, 6) is -0.791. The Bertz CT molecular complexity index is 847. The maximum atomic E-state index is 11.9. The Kier molecular flexibility index (Phi) is 7.37. The zero-order valence-corrected chi connectivity index (χ0v) is 15.7. The number of urea groups is 1. The van der Waals surface area contributed by atoms with Gasteiger partial charge in [-0.15, -0.1) is 0 Å². The first kappa shape index (κ1) is 20.7. The van der Waals surface area contributed by atoms with E-state index < -0.39 is 24.5 Å². The van der Waals surface area contributed by atoms with E-state index in [0.29, 0.717) is 36.1 Å². The summed E-state index contributed by atoms with van der Waals surface area (Å²) >= 11 is 0. The number of benzene rings is 1. The number of hydrogen-bond acceptors (Lipinski definition) is 8. The van der Waals surface area contributed by atoms with Crippen molar-refractivity contribution in [2.45, 2.75) is 20.8 Å². The highest BCUT2D eigenvalue weighted by Crippen LogP contribution is 2.30. The van der Waals surface area contributed by atoms with Crippen molar-refractivity contribution in [3.8, 4) is 11.5 Å². The van der Waals surface area contributed by atoms with Gasteiger partial charge in [0, 0.05) is 17.8 Å². The van der Waals surface area contributed by atoms with Gasteiger partial charge in [0.05, 0.1) is 18.9 Å². The Balaban J connectivity index is 1.86. The van der Waals surface area contributed by atoms with Crippen LogP contribution in [0.15, 0.2) is 28.8 Å². The van der Waals surface area contributed by atoms with Crippen LogP contribution >= 0.6 is 0 Å². The molecule has 10 nitrogen and oxygen atoms in total. The molecule has 0 aliphatic carbocycles. The van der Waals surface area contributed by atoms with Gasteiger partial charge in [0.2, 0.25) is 5.76 Å². The van der Waals surface area contributed by atoms with Gasteiger partial charge in [-0.1, -0.05) is 5.16 Å². The van der Waals surface area contributed by atoms with E-state index in [1.807, 2.05) is 19.2 Å². The topological polar surface area (TPSA) is 129 Å². The fraction of sp³-hybridized carbons (Fsp3) is 0.333. The van der Waals surface area contributed by atoms with E-state index in [0.717, 1.165) is 0 Å². The lowest BCUT2D eigenvalue weighted by Gasteiger charge is -2.13. The molecule has 2 aromatic rings. The average molecular weight is 391 g/mol. The second-order valence-corrected chi connectivity index (χ2v) is 5.44. The monoisotopic (exact) mass is 391 g/mol. The van der Waals surface area contributed by atoms with Gasteiger partial charge in [-0.25, -0.2) is 9.59 Å². The summed E-state index contributed by atoms with van der Waals surface area (Å²) in [6, 6.07) is 5.40. The number of imide groups is 1. The minimum absolute atomic E-state index is 0.132. The smallest absolute Gasteiger partial charge is 0.377 e. The average Bonchev–Trinajstić information content (AvgIpc) is 3.08. The molecule has 0 saturated carbocycles. The van der Waals surface area contributed by atoms with Gasteiger partial charge >= 0.3 is 12.0 Å². The molecule has 0 fully saturated rings. The summed E-state index contributed by atoms with van der Waals surface area (Å²) < 4.78 is 20.4. The SMILES string of the molecule is CCOc1ccc(NC(=O)NC(=O)COC(=O)c2cc(C)no2)cc1OCC. The lowest BCUT2D eigenvalue weighted by atomic mass is 10.2. The van der Waals surface area contributed by atoms with Crippen LogP contribution in [0.5, 0.6) is 11.5 Å². The number of nitrogens with one attached hydrogen (secondary N) is 2. The zero-order valence-electron chi connectivity index (χ0n) is 15.7. The maximum Gasteiger partial charge on any atom is 0.377 e. The molecular weight excluding hydrogens is 370 g/mol. The van der Waals surface area contributed by atoms with Crippen molar-refractivity contribution < 1.29 is 33.1 Å². The quantitative estimate of drug-likeness (QED) is 0.656. The largest absolute Gasteiger partial charge is 0.490 e. The second-order valence-electron chi connectivity index (χ2n) is 5.44. The van der Waals surface area contributed by atoms with Crippen LogP contribution in [0.2, 0.25) is 0 Å². The van der Waals surface area contributed by atoms with Crippen LogP contribution < -0.4 is 20.1 Å². The molecule has 0 aliphatic heterocycles. The second kappa shape index (κ2) is 9.95. The van der Waals surface area contributed by atoms with E-state index >= 15 is 0 Å². The normalized spacial score (nSPS) is 10.1.